The topological polar surface area (TPSA) is 99.7 Å². The number of nitrogens with zero attached hydrogens (tertiary/aromatic N) is 3. The van der Waals surface area contributed by atoms with Crippen molar-refractivity contribution in [3.63, 3.8) is 0 Å². The van der Waals surface area contributed by atoms with Crippen LogP contribution in [-0.2, 0) is 0 Å². The quantitative estimate of drug-likeness (QED) is 0.786. The lowest BCUT2D eigenvalue weighted by Gasteiger charge is -2.46. The van der Waals surface area contributed by atoms with E-state index in [2.05, 4.69) is 6.07 Å². The third-order valence-electron chi connectivity index (χ3n) is 5.86. The van der Waals surface area contributed by atoms with Crippen LogP contribution in [0.1, 0.15) is 24.8 Å². The highest BCUT2D eigenvalue weighted by molar-refractivity contribution is 6.00. The average Bonchev–Trinajstić information content (AvgIpc) is 2.68. The molecule has 3 rings (SSSR count). The molecule has 0 bridgehead atoms. The molecular formula is C21H20F2N5+. The van der Waals surface area contributed by atoms with E-state index >= 15 is 0 Å². The second-order valence-corrected chi connectivity index (χ2v) is 7.37. The first-order valence-electron chi connectivity index (χ1n) is 9.23. The van der Waals surface area contributed by atoms with Crippen molar-refractivity contribution in [3.05, 3.63) is 47.0 Å². The van der Waals surface area contributed by atoms with Crippen LogP contribution >= 0.6 is 0 Å². The number of halogens is 2. The third kappa shape index (κ3) is 2.87. The summed E-state index contributed by atoms with van der Waals surface area (Å²) in [7, 11) is 0. The molecule has 1 fully saturated rings. The molecule has 2 aliphatic rings. The highest BCUT2D eigenvalue weighted by atomic mass is 19.1. The molecule has 2 N–H and O–H groups in total. The Morgan fingerprint density at radius 1 is 1.25 bits per heavy atom. The van der Waals surface area contributed by atoms with Crippen LogP contribution in [0.4, 0.5) is 8.78 Å². The molecule has 4 atom stereocenters. The van der Waals surface area contributed by atoms with Gasteiger partial charge < -0.3 is 10.3 Å². The fraction of sp³-hybridized carbons (Fsp3) is 0.429. The van der Waals surface area contributed by atoms with Crippen molar-refractivity contribution in [2.45, 2.75) is 19.3 Å². The van der Waals surface area contributed by atoms with Crippen LogP contribution in [0.3, 0.4) is 0 Å². The van der Waals surface area contributed by atoms with Gasteiger partial charge in [0.2, 0.25) is 0 Å². The Balaban J connectivity index is 2.25. The Morgan fingerprint density at radius 3 is 2.54 bits per heavy atom. The second kappa shape index (κ2) is 7.50. The molecule has 1 aliphatic heterocycles. The normalized spacial score (nSPS) is 28.3. The number of hydrogen-bond acceptors (Lipinski definition) is 4. The van der Waals surface area contributed by atoms with Gasteiger partial charge in [-0.25, -0.2) is 8.78 Å². The maximum Gasteiger partial charge on any atom is 0.190 e. The van der Waals surface area contributed by atoms with Crippen LogP contribution < -0.4 is 4.90 Å². The molecule has 1 aliphatic carbocycles. The molecule has 0 radical (unpaired) electrons. The minimum Gasteiger partial charge on any atom is -0.331 e. The monoisotopic (exact) mass is 380 g/mol. The zero-order valence-corrected chi connectivity index (χ0v) is 15.5. The van der Waals surface area contributed by atoms with Crippen molar-refractivity contribution in [3.8, 4) is 18.2 Å². The minimum absolute atomic E-state index is 0.0410. The molecule has 0 spiro atoms. The van der Waals surface area contributed by atoms with Crippen LogP contribution in [-0.4, -0.2) is 25.3 Å². The first kappa shape index (κ1) is 19.7. The van der Waals surface area contributed by atoms with Gasteiger partial charge in [-0.2, -0.15) is 15.8 Å². The predicted octanol–water partition coefficient (Wildman–Crippen LogP) is 2.11. The molecule has 2 unspecified atom stereocenters. The number of fused-ring (bicyclic) bond motifs is 1. The minimum atomic E-state index is -1.98. The third-order valence-corrected chi connectivity index (χ3v) is 5.86. The largest absolute Gasteiger partial charge is 0.331 e. The predicted molar refractivity (Wildman–Crippen MR) is 97.0 cm³/mol. The summed E-state index contributed by atoms with van der Waals surface area (Å²) in [5, 5.41) is 38.0. The number of benzene rings is 1. The van der Waals surface area contributed by atoms with Gasteiger partial charge in [-0.05, 0) is 29.7 Å². The number of hydrogen-bond donors (Lipinski definition) is 2. The maximum atomic E-state index is 14.7. The van der Waals surface area contributed by atoms with E-state index in [1.807, 2.05) is 25.1 Å². The number of rotatable bonds is 3. The standard InChI is InChI=1S/C21H19F2N5/c1-2-6-28-7-5-14-16(9-24)20(27)21(11-25,12-26)19(17(14)10-28)15-4-3-13(22)8-18(15)23/h3-5,8,16-17,19,27H,2,6-7,10H2,1H3/p+1/t16?,17-,19+/m0/s1. The zero-order chi connectivity index (χ0) is 20.5. The molecule has 1 aromatic rings. The lowest BCUT2D eigenvalue weighted by atomic mass is 9.54. The van der Waals surface area contributed by atoms with Crippen molar-refractivity contribution in [1.82, 2.24) is 0 Å². The highest BCUT2D eigenvalue weighted by Gasteiger charge is 2.59. The Bertz CT molecular complexity index is 948. The summed E-state index contributed by atoms with van der Waals surface area (Å²) in [5.41, 5.74) is -1.59. The summed E-state index contributed by atoms with van der Waals surface area (Å²) in [6, 6.07) is 8.98. The molecule has 0 saturated heterocycles. The molecule has 1 saturated carbocycles. The molecular weight excluding hydrogens is 360 g/mol. The van der Waals surface area contributed by atoms with E-state index in [-0.39, 0.29) is 11.3 Å². The van der Waals surface area contributed by atoms with Crippen molar-refractivity contribution in [1.29, 1.82) is 21.2 Å². The van der Waals surface area contributed by atoms with E-state index in [1.54, 1.807) is 0 Å². The highest BCUT2D eigenvalue weighted by Crippen LogP contribution is 2.52. The van der Waals surface area contributed by atoms with E-state index in [0.29, 0.717) is 18.7 Å². The number of quaternary nitrogens is 1. The van der Waals surface area contributed by atoms with Crippen molar-refractivity contribution in [2.24, 2.45) is 17.3 Å². The van der Waals surface area contributed by atoms with Gasteiger partial charge in [-0.15, -0.1) is 0 Å². The van der Waals surface area contributed by atoms with E-state index in [9.17, 15) is 24.6 Å². The van der Waals surface area contributed by atoms with Crippen LogP contribution in [0.5, 0.6) is 0 Å². The molecule has 1 aromatic carbocycles. The van der Waals surface area contributed by atoms with Crippen molar-refractivity contribution >= 4 is 5.71 Å². The Labute approximate surface area is 162 Å². The lowest BCUT2D eigenvalue weighted by molar-refractivity contribution is -0.899. The second-order valence-electron chi connectivity index (χ2n) is 7.37. The molecule has 7 heteroatoms. The fourth-order valence-corrected chi connectivity index (χ4v) is 4.62. The van der Waals surface area contributed by atoms with E-state index in [0.717, 1.165) is 25.1 Å². The van der Waals surface area contributed by atoms with Crippen molar-refractivity contribution in [2.75, 3.05) is 19.6 Å². The first-order chi connectivity index (χ1) is 13.4. The van der Waals surface area contributed by atoms with E-state index in [4.69, 9.17) is 5.41 Å². The summed E-state index contributed by atoms with van der Waals surface area (Å²) < 4.78 is 28.2. The van der Waals surface area contributed by atoms with Gasteiger partial charge in [0.05, 0.1) is 43.6 Å². The number of nitrogens with one attached hydrogen (secondary N) is 2. The van der Waals surface area contributed by atoms with Crippen LogP contribution in [0, 0.1) is 68.3 Å². The SMILES string of the molecule is CCC[NH+]1CC=C2C(C#N)C(=N)C(C#N)(C#N)[C@H](c3ccc(F)cc3F)[C@H]2C1. The Morgan fingerprint density at radius 2 is 1.96 bits per heavy atom. The molecule has 28 heavy (non-hydrogen) atoms. The van der Waals surface area contributed by atoms with Crippen LogP contribution in [0.2, 0.25) is 0 Å². The molecule has 5 nitrogen and oxygen atoms in total. The molecule has 0 amide bonds. The molecule has 142 valence electrons. The summed E-state index contributed by atoms with van der Waals surface area (Å²) in [4.78, 5) is 1.21. The zero-order valence-electron chi connectivity index (χ0n) is 15.5. The van der Waals surface area contributed by atoms with Gasteiger partial charge in [0, 0.05) is 17.9 Å². The average molecular weight is 380 g/mol. The number of nitriles is 3. The molecule has 0 aromatic heterocycles. The fourth-order valence-electron chi connectivity index (χ4n) is 4.62. The van der Waals surface area contributed by atoms with E-state index < -0.39 is 34.8 Å². The van der Waals surface area contributed by atoms with Gasteiger partial charge in [0.1, 0.15) is 17.6 Å². The van der Waals surface area contributed by atoms with Crippen LogP contribution in [0.25, 0.3) is 0 Å². The summed E-state index contributed by atoms with van der Waals surface area (Å²) >= 11 is 0. The van der Waals surface area contributed by atoms with Gasteiger partial charge >= 0.3 is 0 Å². The smallest absolute Gasteiger partial charge is 0.190 e. The Kier molecular flexibility index (Phi) is 5.27. The molecule has 1 heterocycles. The first-order valence-corrected chi connectivity index (χ1v) is 9.23. The Hall–Kier alpha value is -3.08. The maximum absolute atomic E-state index is 14.7. The van der Waals surface area contributed by atoms with Gasteiger partial charge in [-0.3, -0.25) is 0 Å². The summed E-state index contributed by atoms with van der Waals surface area (Å²) in [6.45, 7) is 4.11. The van der Waals surface area contributed by atoms with E-state index in [1.165, 1.54) is 11.0 Å². The summed E-state index contributed by atoms with van der Waals surface area (Å²) in [6.07, 6.45) is 2.83. The van der Waals surface area contributed by atoms with Gasteiger partial charge in [-0.1, -0.05) is 13.0 Å². The van der Waals surface area contributed by atoms with Gasteiger partial charge in [0.25, 0.3) is 0 Å². The summed E-state index contributed by atoms with van der Waals surface area (Å²) in [5.74, 6) is -4.00. The van der Waals surface area contributed by atoms with Crippen molar-refractivity contribution < 1.29 is 13.7 Å². The van der Waals surface area contributed by atoms with Gasteiger partial charge in [0.15, 0.2) is 5.41 Å². The van der Waals surface area contributed by atoms with Crippen LogP contribution in [0.15, 0.2) is 29.8 Å². The lowest BCUT2D eigenvalue weighted by Crippen LogP contribution is -3.13.